The van der Waals surface area contributed by atoms with E-state index in [1.165, 1.54) is 5.56 Å². The van der Waals surface area contributed by atoms with E-state index in [-0.39, 0.29) is 6.42 Å². The van der Waals surface area contributed by atoms with E-state index < -0.39 is 12.6 Å². The van der Waals surface area contributed by atoms with Crippen molar-refractivity contribution in [1.29, 1.82) is 0 Å². The van der Waals surface area contributed by atoms with Crippen molar-refractivity contribution in [3.8, 4) is 0 Å². The average molecular weight is 259 g/mol. The minimum atomic E-state index is -4.03. The lowest BCUT2D eigenvalue weighted by molar-refractivity contribution is -0.135. The smallest absolute Gasteiger partial charge is 0.317 e. The molecule has 0 aromatic heterocycles. The van der Waals surface area contributed by atoms with Crippen LogP contribution < -0.4 is 5.32 Å². The van der Waals surface area contributed by atoms with Crippen molar-refractivity contribution in [2.75, 3.05) is 13.1 Å². The molecule has 0 saturated heterocycles. The van der Waals surface area contributed by atoms with Crippen molar-refractivity contribution in [3.63, 3.8) is 0 Å². The molecule has 0 amide bonds. The van der Waals surface area contributed by atoms with Crippen LogP contribution in [0, 0.1) is 0 Å². The van der Waals surface area contributed by atoms with Gasteiger partial charge < -0.3 is 5.32 Å². The average Bonchev–Trinajstić information content (AvgIpc) is 2.33. The molecular weight excluding hydrogens is 239 g/mol. The van der Waals surface area contributed by atoms with Gasteiger partial charge >= 0.3 is 6.18 Å². The Morgan fingerprint density at radius 2 is 1.78 bits per heavy atom. The lowest BCUT2D eigenvalue weighted by atomic mass is 9.98. The molecule has 1 nitrogen and oxygen atoms in total. The Bertz CT molecular complexity index is 322. The molecule has 0 heterocycles. The molecule has 18 heavy (non-hydrogen) atoms. The van der Waals surface area contributed by atoms with Gasteiger partial charge in [-0.15, -0.1) is 0 Å². The molecule has 0 saturated carbocycles. The van der Waals surface area contributed by atoms with Gasteiger partial charge in [-0.25, -0.2) is 0 Å². The van der Waals surface area contributed by atoms with E-state index in [0.29, 0.717) is 12.5 Å². The zero-order valence-corrected chi connectivity index (χ0v) is 10.6. The van der Waals surface area contributed by atoms with Crippen LogP contribution in [-0.2, 0) is 0 Å². The molecule has 1 N–H and O–H groups in total. The molecular formula is C14H20F3N. The van der Waals surface area contributed by atoms with Crippen molar-refractivity contribution in [2.24, 2.45) is 0 Å². The molecule has 0 radical (unpaired) electrons. The van der Waals surface area contributed by atoms with Crippen molar-refractivity contribution in [1.82, 2.24) is 5.32 Å². The molecule has 1 aromatic rings. The molecule has 0 bridgehead atoms. The van der Waals surface area contributed by atoms with E-state index in [2.05, 4.69) is 24.4 Å². The van der Waals surface area contributed by atoms with Gasteiger partial charge in [0.25, 0.3) is 0 Å². The van der Waals surface area contributed by atoms with Crippen LogP contribution in [0.3, 0.4) is 0 Å². The first kappa shape index (κ1) is 15.0. The first-order valence-corrected chi connectivity index (χ1v) is 6.31. The topological polar surface area (TPSA) is 12.0 Å². The molecule has 0 aliphatic rings. The van der Waals surface area contributed by atoms with Crippen LogP contribution in [0.1, 0.15) is 37.7 Å². The monoisotopic (exact) mass is 259 g/mol. The summed E-state index contributed by atoms with van der Waals surface area (Å²) in [6.07, 6.45) is -3.63. The van der Waals surface area contributed by atoms with E-state index >= 15 is 0 Å². The summed E-state index contributed by atoms with van der Waals surface area (Å²) in [6.45, 7) is 3.32. The number of halogens is 3. The largest absolute Gasteiger partial charge is 0.389 e. The summed E-state index contributed by atoms with van der Waals surface area (Å²) in [5.41, 5.74) is 1.27. The van der Waals surface area contributed by atoms with Gasteiger partial charge in [-0.1, -0.05) is 37.3 Å². The van der Waals surface area contributed by atoms with Crippen molar-refractivity contribution in [3.05, 3.63) is 35.9 Å². The molecule has 0 aliphatic heterocycles. The molecule has 0 fully saturated rings. The number of alkyl halides is 3. The summed E-state index contributed by atoms with van der Waals surface area (Å²) in [6, 6.07) is 10.1. The zero-order valence-electron chi connectivity index (χ0n) is 10.6. The lowest BCUT2D eigenvalue weighted by Gasteiger charge is -2.12. The maximum atomic E-state index is 11.9. The van der Waals surface area contributed by atoms with Gasteiger partial charge in [-0.2, -0.15) is 13.2 Å². The van der Waals surface area contributed by atoms with Crippen molar-refractivity contribution < 1.29 is 13.2 Å². The standard InChI is InChI=1S/C14H20F3N/c1-12(13-6-3-2-4-7-13)8-11-18-10-5-9-14(15,16)17/h2-4,6-7,12,18H,5,8-11H2,1H3. The van der Waals surface area contributed by atoms with Crippen LogP contribution in [0.15, 0.2) is 30.3 Å². The molecule has 1 rings (SSSR count). The fourth-order valence-electron chi connectivity index (χ4n) is 1.81. The highest BCUT2D eigenvalue weighted by atomic mass is 19.4. The predicted octanol–water partition coefficient (Wildman–Crippen LogP) is 4.11. The van der Waals surface area contributed by atoms with Crippen molar-refractivity contribution in [2.45, 2.75) is 38.3 Å². The Morgan fingerprint density at radius 1 is 1.11 bits per heavy atom. The van der Waals surface area contributed by atoms with E-state index in [0.717, 1.165) is 13.0 Å². The third-order valence-electron chi connectivity index (χ3n) is 2.94. The molecule has 4 heteroatoms. The predicted molar refractivity (Wildman–Crippen MR) is 67.6 cm³/mol. The summed E-state index contributed by atoms with van der Waals surface area (Å²) >= 11 is 0. The fraction of sp³-hybridized carbons (Fsp3) is 0.571. The maximum absolute atomic E-state index is 11.9. The Kier molecular flexibility index (Phi) is 6.19. The first-order chi connectivity index (χ1) is 8.49. The number of rotatable bonds is 7. The number of benzene rings is 1. The summed E-state index contributed by atoms with van der Waals surface area (Å²) < 4.78 is 35.7. The van der Waals surface area contributed by atoms with E-state index in [1.807, 2.05) is 18.2 Å². The van der Waals surface area contributed by atoms with Crippen molar-refractivity contribution >= 4 is 0 Å². The molecule has 1 atom stereocenters. The second-order valence-corrected chi connectivity index (χ2v) is 4.57. The summed E-state index contributed by atoms with van der Waals surface area (Å²) in [5, 5.41) is 3.06. The van der Waals surface area contributed by atoms with E-state index in [1.54, 1.807) is 0 Å². The van der Waals surface area contributed by atoms with Gasteiger partial charge in [-0.05, 0) is 37.4 Å². The van der Waals surface area contributed by atoms with Crippen LogP contribution in [-0.4, -0.2) is 19.3 Å². The minimum Gasteiger partial charge on any atom is -0.317 e. The molecule has 1 unspecified atom stereocenters. The molecule has 0 spiro atoms. The van der Waals surface area contributed by atoms with Gasteiger partial charge in [0.2, 0.25) is 0 Å². The van der Waals surface area contributed by atoms with Gasteiger partial charge in [0.1, 0.15) is 0 Å². The van der Waals surface area contributed by atoms with Crippen LogP contribution in [0.2, 0.25) is 0 Å². The highest BCUT2D eigenvalue weighted by molar-refractivity contribution is 5.18. The summed E-state index contributed by atoms with van der Waals surface area (Å²) in [7, 11) is 0. The maximum Gasteiger partial charge on any atom is 0.389 e. The Hall–Kier alpha value is -1.03. The molecule has 102 valence electrons. The molecule has 1 aromatic carbocycles. The fourth-order valence-corrected chi connectivity index (χ4v) is 1.81. The Balaban J connectivity index is 2.08. The second kappa shape index (κ2) is 7.41. The van der Waals surface area contributed by atoms with E-state index in [4.69, 9.17) is 0 Å². The summed E-state index contributed by atoms with van der Waals surface area (Å²) in [5.74, 6) is 0.432. The Labute approximate surface area is 106 Å². The normalized spacial score (nSPS) is 13.6. The highest BCUT2D eigenvalue weighted by Gasteiger charge is 2.25. The van der Waals surface area contributed by atoms with Gasteiger partial charge in [-0.3, -0.25) is 0 Å². The highest BCUT2D eigenvalue weighted by Crippen LogP contribution is 2.21. The van der Waals surface area contributed by atoms with Crippen LogP contribution in [0.25, 0.3) is 0 Å². The third-order valence-corrected chi connectivity index (χ3v) is 2.94. The van der Waals surface area contributed by atoms with Gasteiger partial charge in [0.05, 0.1) is 0 Å². The van der Waals surface area contributed by atoms with Crippen LogP contribution >= 0.6 is 0 Å². The number of hydrogen-bond donors (Lipinski definition) is 1. The number of nitrogens with one attached hydrogen (secondary N) is 1. The quantitative estimate of drug-likeness (QED) is 0.726. The van der Waals surface area contributed by atoms with E-state index in [9.17, 15) is 13.2 Å². The minimum absolute atomic E-state index is 0.156. The lowest BCUT2D eigenvalue weighted by Crippen LogP contribution is -2.20. The van der Waals surface area contributed by atoms with Gasteiger partial charge in [0, 0.05) is 6.42 Å². The second-order valence-electron chi connectivity index (χ2n) is 4.57. The van der Waals surface area contributed by atoms with Crippen LogP contribution in [0.4, 0.5) is 13.2 Å². The van der Waals surface area contributed by atoms with Gasteiger partial charge in [0.15, 0.2) is 0 Å². The SMILES string of the molecule is CC(CCNCCCC(F)(F)F)c1ccccc1. The zero-order chi connectivity index (χ0) is 13.4. The summed E-state index contributed by atoms with van der Waals surface area (Å²) in [4.78, 5) is 0. The Morgan fingerprint density at radius 3 is 2.39 bits per heavy atom. The number of hydrogen-bond acceptors (Lipinski definition) is 1. The third kappa shape index (κ3) is 6.64. The first-order valence-electron chi connectivity index (χ1n) is 6.31. The molecule has 0 aliphatic carbocycles. The van der Waals surface area contributed by atoms with Crippen LogP contribution in [0.5, 0.6) is 0 Å².